The summed E-state index contributed by atoms with van der Waals surface area (Å²) in [6.45, 7) is 0. The Kier molecular flexibility index (Phi) is 10.4. The highest BCUT2D eigenvalue weighted by Crippen LogP contribution is 2.46. The minimum Gasteiger partial charge on any atom is -0.310 e. The number of nitrogens with zero attached hydrogens (tertiary/aromatic N) is 3. The standard InChI is InChI=1S/C68H57N3/c1-6-16-46(17-7-1)49-26-32-58(33-27-49)69(56-22-12-4-13-23-56)60-36-30-51-40-62-64-42-55(48-20-10-3-11-21-48)43-65-63-41-52-31-37-61(39-54(52)45-67(63)71(68(64)65)66(62)44-53(51)38-60)70(57-24-14-5-15-25-57)59-34-28-50(29-35-59)47-18-8-2-9-19-47/h3-5,10-15,20-47H,1-2,6-9,16-19H2. The van der Waals surface area contributed by atoms with E-state index in [1.165, 1.54) is 157 Å². The third-order valence-electron chi connectivity index (χ3n) is 16.4. The lowest BCUT2D eigenvalue weighted by Crippen LogP contribution is -2.10. The zero-order valence-corrected chi connectivity index (χ0v) is 40.3. The molecule has 2 aromatic heterocycles. The van der Waals surface area contributed by atoms with Gasteiger partial charge in [-0.25, -0.2) is 0 Å². The Morgan fingerprint density at radius 3 is 1.13 bits per heavy atom. The second-order valence-electron chi connectivity index (χ2n) is 20.6. The van der Waals surface area contributed by atoms with E-state index >= 15 is 0 Å². The molecular formula is C68H57N3. The van der Waals surface area contributed by atoms with Gasteiger partial charge < -0.3 is 14.2 Å². The lowest BCUT2D eigenvalue weighted by Gasteiger charge is -2.27. The van der Waals surface area contributed by atoms with Gasteiger partial charge in [0.1, 0.15) is 0 Å². The number of anilines is 6. The summed E-state index contributed by atoms with van der Waals surface area (Å²) in [5.41, 5.74) is 16.2. The first-order valence-electron chi connectivity index (χ1n) is 26.3. The molecule has 0 aliphatic heterocycles. The zero-order chi connectivity index (χ0) is 46.8. The third kappa shape index (κ3) is 7.41. The van der Waals surface area contributed by atoms with Gasteiger partial charge in [-0.2, -0.15) is 0 Å². The molecule has 3 nitrogen and oxygen atoms in total. The number of hydrogen-bond acceptors (Lipinski definition) is 2. The molecular weight excluding hydrogens is 859 g/mol. The molecule has 2 aliphatic rings. The normalized spacial score (nSPS) is 14.9. The highest BCUT2D eigenvalue weighted by atomic mass is 15.1. The van der Waals surface area contributed by atoms with Crippen LogP contribution < -0.4 is 9.80 Å². The van der Waals surface area contributed by atoms with Crippen LogP contribution in [0.3, 0.4) is 0 Å². The van der Waals surface area contributed by atoms with Crippen molar-refractivity contribution in [3.05, 3.63) is 223 Å². The first-order valence-corrected chi connectivity index (χ1v) is 26.3. The van der Waals surface area contributed by atoms with E-state index in [0.29, 0.717) is 11.8 Å². The number of para-hydroxylation sites is 2. The van der Waals surface area contributed by atoms with E-state index in [2.05, 4.69) is 227 Å². The van der Waals surface area contributed by atoms with Gasteiger partial charge in [0, 0.05) is 55.7 Å². The molecule has 0 spiro atoms. The quantitative estimate of drug-likeness (QED) is 0.143. The number of fused-ring (bicyclic) bond motifs is 8. The molecule has 2 heterocycles. The Morgan fingerprint density at radius 1 is 0.296 bits per heavy atom. The van der Waals surface area contributed by atoms with Crippen molar-refractivity contribution in [2.45, 2.75) is 76.0 Å². The Balaban J connectivity index is 0.941. The van der Waals surface area contributed by atoms with Crippen molar-refractivity contribution in [1.29, 1.82) is 0 Å². The molecule has 2 saturated carbocycles. The molecule has 71 heavy (non-hydrogen) atoms. The average molecular weight is 916 g/mol. The fourth-order valence-electron chi connectivity index (χ4n) is 12.8. The Hall–Kier alpha value is -7.88. The summed E-state index contributed by atoms with van der Waals surface area (Å²) in [5, 5.41) is 10.1. The van der Waals surface area contributed by atoms with E-state index < -0.39 is 0 Å². The fourth-order valence-corrected chi connectivity index (χ4v) is 12.8. The summed E-state index contributed by atoms with van der Waals surface area (Å²) in [5.74, 6) is 1.35. The highest BCUT2D eigenvalue weighted by molar-refractivity contribution is 6.27. The van der Waals surface area contributed by atoms with Crippen molar-refractivity contribution < 1.29 is 0 Å². The Labute approximate surface area is 416 Å². The molecule has 2 aliphatic carbocycles. The van der Waals surface area contributed by atoms with Gasteiger partial charge in [0.25, 0.3) is 0 Å². The molecule has 0 atom stereocenters. The minimum absolute atomic E-state index is 0.674. The maximum Gasteiger partial charge on any atom is 0.0620 e. The van der Waals surface area contributed by atoms with E-state index in [0.717, 1.165) is 22.7 Å². The van der Waals surface area contributed by atoms with Crippen LogP contribution in [-0.2, 0) is 0 Å². The number of benzene rings is 10. The van der Waals surface area contributed by atoms with E-state index in [4.69, 9.17) is 0 Å². The summed E-state index contributed by atoms with van der Waals surface area (Å²) in [4.78, 5) is 4.85. The maximum absolute atomic E-state index is 2.57. The molecule has 0 radical (unpaired) electrons. The van der Waals surface area contributed by atoms with Gasteiger partial charge in [0.05, 0.1) is 16.6 Å². The van der Waals surface area contributed by atoms with Crippen molar-refractivity contribution in [2.24, 2.45) is 0 Å². The molecule has 2 fully saturated rings. The van der Waals surface area contributed by atoms with Gasteiger partial charge >= 0.3 is 0 Å². The van der Waals surface area contributed by atoms with E-state index in [1.54, 1.807) is 0 Å². The van der Waals surface area contributed by atoms with Crippen LogP contribution in [0, 0.1) is 0 Å². The average Bonchev–Trinajstić information content (AvgIpc) is 3.94. The topological polar surface area (TPSA) is 10.9 Å². The summed E-state index contributed by atoms with van der Waals surface area (Å²) in [6.07, 6.45) is 13.3. The van der Waals surface area contributed by atoms with Gasteiger partial charge in [0.2, 0.25) is 0 Å². The third-order valence-corrected chi connectivity index (χ3v) is 16.4. The number of rotatable bonds is 9. The molecule has 12 aromatic rings. The van der Waals surface area contributed by atoms with Crippen LogP contribution in [0.4, 0.5) is 34.1 Å². The lowest BCUT2D eigenvalue weighted by atomic mass is 9.84. The SMILES string of the molecule is c1ccc(-c2cc3c4cc5ccc(N(c6ccccc6)c6ccc(C7CCCCC7)cc6)cc5cc4n4c5cc6cc(N(c7ccccc7)c7ccc(C8CCCCC8)cc7)ccc6cc5c(c2)c34)cc1. The van der Waals surface area contributed by atoms with Crippen LogP contribution in [0.1, 0.15) is 87.2 Å². The van der Waals surface area contributed by atoms with Crippen molar-refractivity contribution in [3.8, 4) is 11.1 Å². The zero-order valence-electron chi connectivity index (χ0n) is 40.3. The Bertz CT molecular complexity index is 3630. The first kappa shape index (κ1) is 42.0. The van der Waals surface area contributed by atoms with Crippen LogP contribution in [0.5, 0.6) is 0 Å². The summed E-state index contributed by atoms with van der Waals surface area (Å²) in [7, 11) is 0. The molecule has 3 heteroatoms. The lowest BCUT2D eigenvalue weighted by molar-refractivity contribution is 0.443. The van der Waals surface area contributed by atoms with Gasteiger partial charge in [0.15, 0.2) is 0 Å². The monoisotopic (exact) mass is 915 g/mol. The second-order valence-corrected chi connectivity index (χ2v) is 20.6. The van der Waals surface area contributed by atoms with Gasteiger partial charge in [-0.1, -0.05) is 142 Å². The smallest absolute Gasteiger partial charge is 0.0620 e. The summed E-state index contributed by atoms with van der Waals surface area (Å²) in [6, 6.07) is 80.3. The van der Waals surface area contributed by atoms with Gasteiger partial charge in [-0.3, -0.25) is 0 Å². The van der Waals surface area contributed by atoms with Crippen LogP contribution in [0.2, 0.25) is 0 Å². The van der Waals surface area contributed by atoms with E-state index in [1.807, 2.05) is 0 Å². The summed E-state index contributed by atoms with van der Waals surface area (Å²) < 4.78 is 2.57. The Morgan fingerprint density at radius 2 is 0.690 bits per heavy atom. The van der Waals surface area contributed by atoms with Crippen molar-refractivity contribution in [3.63, 3.8) is 0 Å². The second kappa shape index (κ2) is 17.5. The van der Waals surface area contributed by atoms with Crippen molar-refractivity contribution >= 4 is 93.8 Å². The van der Waals surface area contributed by atoms with Crippen LogP contribution >= 0.6 is 0 Å². The molecule has 344 valence electrons. The van der Waals surface area contributed by atoms with Crippen molar-refractivity contribution in [1.82, 2.24) is 4.40 Å². The molecule has 0 amide bonds. The van der Waals surface area contributed by atoms with Gasteiger partial charge in [-0.05, 0) is 191 Å². The predicted octanol–water partition coefficient (Wildman–Crippen LogP) is 19.8. The highest BCUT2D eigenvalue weighted by Gasteiger charge is 2.23. The van der Waals surface area contributed by atoms with Gasteiger partial charge in [-0.15, -0.1) is 0 Å². The fraction of sp³-hybridized carbons (Fsp3) is 0.176. The first-order chi connectivity index (χ1) is 35.2. The molecule has 10 aromatic carbocycles. The molecule has 0 unspecified atom stereocenters. The van der Waals surface area contributed by atoms with Crippen LogP contribution in [0.25, 0.3) is 70.8 Å². The van der Waals surface area contributed by atoms with Crippen molar-refractivity contribution in [2.75, 3.05) is 9.80 Å². The maximum atomic E-state index is 2.57. The van der Waals surface area contributed by atoms with Crippen LogP contribution in [0.15, 0.2) is 212 Å². The molecule has 0 bridgehead atoms. The largest absolute Gasteiger partial charge is 0.310 e. The number of aromatic nitrogens is 1. The minimum atomic E-state index is 0.674. The molecule has 14 rings (SSSR count). The van der Waals surface area contributed by atoms with E-state index in [-0.39, 0.29) is 0 Å². The van der Waals surface area contributed by atoms with Crippen LogP contribution in [-0.4, -0.2) is 4.40 Å². The molecule has 0 N–H and O–H groups in total. The number of hydrogen-bond donors (Lipinski definition) is 0. The molecule has 0 saturated heterocycles. The van der Waals surface area contributed by atoms with E-state index in [9.17, 15) is 0 Å². The predicted molar refractivity (Wildman–Crippen MR) is 303 cm³/mol. The summed E-state index contributed by atoms with van der Waals surface area (Å²) >= 11 is 0.